The molecule has 2 N–H and O–H groups in total. The van der Waals surface area contributed by atoms with Crippen LogP contribution in [0, 0.1) is 0 Å². The van der Waals surface area contributed by atoms with E-state index in [4.69, 9.17) is 5.11 Å². The summed E-state index contributed by atoms with van der Waals surface area (Å²) in [7, 11) is 1.40. The van der Waals surface area contributed by atoms with Crippen LogP contribution in [0.25, 0.3) is 0 Å². The number of rotatable bonds is 5. The maximum Gasteiger partial charge on any atom is 0.305 e. The van der Waals surface area contributed by atoms with Gasteiger partial charge in [-0.3, -0.25) is 9.59 Å². The molecule has 12 heavy (non-hydrogen) atoms. The normalized spacial score (nSPS) is 12.2. The molecule has 70 valence electrons. The number of methoxy groups -OCH3 is 1. The number of carboxylic acids is 1. The molecule has 0 radical (unpaired) electrons. The van der Waals surface area contributed by atoms with Crippen LogP contribution in [-0.4, -0.2) is 36.7 Å². The molecule has 0 aromatic heterocycles. The van der Waals surface area contributed by atoms with Gasteiger partial charge in [0.05, 0.1) is 6.42 Å². The molecule has 0 spiro atoms. The third kappa shape index (κ3) is 5.67. The lowest BCUT2D eigenvalue weighted by Gasteiger charge is -2.10. The van der Waals surface area contributed by atoms with E-state index in [9.17, 15) is 9.59 Å². The van der Waals surface area contributed by atoms with Crippen LogP contribution in [0.4, 0.5) is 0 Å². The molecule has 0 aliphatic rings. The van der Waals surface area contributed by atoms with Gasteiger partial charge in [0, 0.05) is 13.2 Å². The van der Waals surface area contributed by atoms with E-state index in [1.54, 1.807) is 6.92 Å². The number of nitrogens with one attached hydrogen (secondary N) is 1. The second-order valence-electron chi connectivity index (χ2n) is 2.50. The molecule has 1 atom stereocenters. The Labute approximate surface area is 70.7 Å². The summed E-state index contributed by atoms with van der Waals surface area (Å²) in [6.07, 6.45) is -0.0740. The fraction of sp³-hybridized carbons (Fsp3) is 0.714. The van der Waals surface area contributed by atoms with Crippen molar-refractivity contribution in [2.75, 3.05) is 13.7 Å². The summed E-state index contributed by atoms with van der Waals surface area (Å²) in [6.45, 7) is 1.59. The Bertz CT molecular complexity index is 169. The molecular weight excluding hydrogens is 162 g/mol. The van der Waals surface area contributed by atoms with Gasteiger partial charge in [-0.15, -0.1) is 0 Å². The quantitative estimate of drug-likeness (QED) is 0.596. The number of aliphatic carboxylic acids is 1. The van der Waals surface area contributed by atoms with E-state index < -0.39 is 5.97 Å². The lowest BCUT2D eigenvalue weighted by atomic mass is 10.2. The summed E-state index contributed by atoms with van der Waals surface area (Å²) < 4.78 is 4.55. The second kappa shape index (κ2) is 5.54. The molecule has 1 amide bonds. The summed E-state index contributed by atoms with van der Waals surface area (Å²) in [5.74, 6) is -1.23. The molecule has 0 aromatic carbocycles. The molecule has 0 aromatic rings. The van der Waals surface area contributed by atoms with Gasteiger partial charge in [0.1, 0.15) is 6.61 Å². The molecule has 0 fully saturated rings. The van der Waals surface area contributed by atoms with Crippen molar-refractivity contribution in [1.29, 1.82) is 0 Å². The summed E-state index contributed by atoms with van der Waals surface area (Å²) in [5.41, 5.74) is 0. The molecule has 0 bridgehead atoms. The third-order valence-corrected chi connectivity index (χ3v) is 1.16. The smallest absolute Gasteiger partial charge is 0.305 e. The molecule has 5 nitrogen and oxygen atoms in total. The first-order chi connectivity index (χ1) is 5.56. The Morgan fingerprint density at radius 1 is 1.58 bits per heavy atom. The summed E-state index contributed by atoms with van der Waals surface area (Å²) in [6, 6.07) is -0.356. The van der Waals surface area contributed by atoms with Crippen molar-refractivity contribution in [3.63, 3.8) is 0 Å². The van der Waals surface area contributed by atoms with E-state index in [0.29, 0.717) is 0 Å². The molecule has 0 saturated heterocycles. The van der Waals surface area contributed by atoms with Crippen LogP contribution < -0.4 is 5.32 Å². The number of hydrogen-bond donors (Lipinski definition) is 2. The van der Waals surface area contributed by atoms with Gasteiger partial charge in [0.2, 0.25) is 5.91 Å². The first-order valence-corrected chi connectivity index (χ1v) is 3.56. The molecular formula is C7H13NO4. The minimum Gasteiger partial charge on any atom is -0.481 e. The fourth-order valence-electron chi connectivity index (χ4n) is 0.761. The van der Waals surface area contributed by atoms with Crippen molar-refractivity contribution in [3.8, 4) is 0 Å². The van der Waals surface area contributed by atoms with E-state index in [1.165, 1.54) is 7.11 Å². The summed E-state index contributed by atoms with van der Waals surface area (Å²) in [4.78, 5) is 21.0. The van der Waals surface area contributed by atoms with E-state index in [0.717, 1.165) is 0 Å². The van der Waals surface area contributed by atoms with E-state index in [2.05, 4.69) is 10.1 Å². The summed E-state index contributed by atoms with van der Waals surface area (Å²) >= 11 is 0. The van der Waals surface area contributed by atoms with Gasteiger partial charge in [0.15, 0.2) is 0 Å². The molecule has 0 heterocycles. The van der Waals surface area contributed by atoms with E-state index in [-0.39, 0.29) is 25.0 Å². The Kier molecular flexibility index (Phi) is 5.03. The molecule has 0 aliphatic carbocycles. The number of carbonyl (C=O) groups is 2. The fourth-order valence-corrected chi connectivity index (χ4v) is 0.761. The SMILES string of the molecule is COCC(=O)NC(C)CC(=O)O. The molecule has 0 rings (SSSR count). The van der Waals surface area contributed by atoms with Crippen molar-refractivity contribution in [2.24, 2.45) is 0 Å². The van der Waals surface area contributed by atoms with E-state index >= 15 is 0 Å². The first-order valence-electron chi connectivity index (χ1n) is 3.56. The molecule has 0 saturated carbocycles. The largest absolute Gasteiger partial charge is 0.481 e. The van der Waals surface area contributed by atoms with Crippen molar-refractivity contribution < 1.29 is 19.4 Å². The maximum absolute atomic E-state index is 10.8. The van der Waals surface area contributed by atoms with Crippen LogP contribution >= 0.6 is 0 Å². The number of carbonyl (C=O) groups excluding carboxylic acids is 1. The van der Waals surface area contributed by atoms with Gasteiger partial charge < -0.3 is 15.2 Å². The van der Waals surface area contributed by atoms with Gasteiger partial charge in [-0.2, -0.15) is 0 Å². The van der Waals surface area contributed by atoms with Crippen molar-refractivity contribution in [3.05, 3.63) is 0 Å². The average Bonchev–Trinajstić information content (AvgIpc) is 1.84. The van der Waals surface area contributed by atoms with Crippen LogP contribution in [0.15, 0.2) is 0 Å². The molecule has 5 heteroatoms. The lowest BCUT2D eigenvalue weighted by Crippen LogP contribution is -2.36. The predicted octanol–water partition coefficient (Wildman–Crippen LogP) is -0.388. The van der Waals surface area contributed by atoms with Gasteiger partial charge in [-0.1, -0.05) is 0 Å². The highest BCUT2D eigenvalue weighted by Crippen LogP contribution is 1.89. The first kappa shape index (κ1) is 10.9. The number of ether oxygens (including phenoxy) is 1. The topological polar surface area (TPSA) is 75.6 Å². The van der Waals surface area contributed by atoms with Crippen LogP contribution in [0.3, 0.4) is 0 Å². The van der Waals surface area contributed by atoms with Gasteiger partial charge in [-0.05, 0) is 6.92 Å². The van der Waals surface area contributed by atoms with Crippen LogP contribution in [0.1, 0.15) is 13.3 Å². The third-order valence-electron chi connectivity index (χ3n) is 1.16. The van der Waals surface area contributed by atoms with Gasteiger partial charge in [-0.25, -0.2) is 0 Å². The summed E-state index contributed by atoms with van der Waals surface area (Å²) in [5, 5.41) is 10.8. The minimum absolute atomic E-state index is 0.0377. The van der Waals surface area contributed by atoms with Crippen LogP contribution in [0.5, 0.6) is 0 Å². The predicted molar refractivity (Wildman–Crippen MR) is 41.7 cm³/mol. The van der Waals surface area contributed by atoms with Crippen molar-refractivity contribution in [2.45, 2.75) is 19.4 Å². The Morgan fingerprint density at radius 2 is 2.17 bits per heavy atom. The maximum atomic E-state index is 10.8. The van der Waals surface area contributed by atoms with Gasteiger partial charge in [0.25, 0.3) is 0 Å². The monoisotopic (exact) mass is 175 g/mol. The lowest BCUT2D eigenvalue weighted by molar-refractivity contribution is -0.137. The Morgan fingerprint density at radius 3 is 2.58 bits per heavy atom. The second-order valence-corrected chi connectivity index (χ2v) is 2.50. The van der Waals surface area contributed by atoms with Crippen LogP contribution in [-0.2, 0) is 14.3 Å². The molecule has 1 unspecified atom stereocenters. The zero-order valence-corrected chi connectivity index (χ0v) is 7.16. The van der Waals surface area contributed by atoms with Crippen LogP contribution in [0.2, 0.25) is 0 Å². The zero-order chi connectivity index (χ0) is 9.56. The highest BCUT2D eigenvalue weighted by Gasteiger charge is 2.09. The average molecular weight is 175 g/mol. The highest BCUT2D eigenvalue weighted by atomic mass is 16.5. The van der Waals surface area contributed by atoms with Gasteiger partial charge >= 0.3 is 5.97 Å². The van der Waals surface area contributed by atoms with Crippen molar-refractivity contribution in [1.82, 2.24) is 5.32 Å². The number of hydrogen-bond acceptors (Lipinski definition) is 3. The number of amides is 1. The van der Waals surface area contributed by atoms with E-state index in [1.807, 2.05) is 0 Å². The number of carboxylic acid groups (broad SMARTS) is 1. The Hall–Kier alpha value is -1.10. The highest BCUT2D eigenvalue weighted by molar-refractivity contribution is 5.78. The Balaban J connectivity index is 3.61. The molecule has 0 aliphatic heterocycles. The van der Waals surface area contributed by atoms with Crippen molar-refractivity contribution >= 4 is 11.9 Å². The zero-order valence-electron chi connectivity index (χ0n) is 7.16. The minimum atomic E-state index is -0.930. The standard InChI is InChI=1S/C7H13NO4/c1-5(3-7(10)11)8-6(9)4-12-2/h5H,3-4H2,1-2H3,(H,8,9)(H,10,11).